The number of benzene rings is 2. The summed E-state index contributed by atoms with van der Waals surface area (Å²) in [6.45, 7) is 0.117. The predicted molar refractivity (Wildman–Crippen MR) is 94.1 cm³/mol. The van der Waals surface area contributed by atoms with E-state index in [9.17, 15) is 14.0 Å². The molecule has 0 spiro atoms. The highest BCUT2D eigenvalue weighted by atomic mass is 32.2. The Morgan fingerprint density at radius 3 is 2.64 bits per heavy atom. The third kappa shape index (κ3) is 4.11. The molecule has 1 atom stereocenters. The zero-order chi connectivity index (χ0) is 17.8. The Morgan fingerprint density at radius 2 is 1.92 bits per heavy atom. The SMILES string of the molecule is NC(=O)CCN(C(=O)[C@@H]1CSc2ccccc2O1)c1ccc(F)cc1. The standard InChI is InChI=1S/C18H17FN2O3S/c19-12-5-7-13(8-6-12)21(10-9-17(20)22)18(23)15-11-25-16-4-2-1-3-14(16)24-15/h1-8,15H,9-11H2,(H2,20,22)/t15-/m0/s1. The Labute approximate surface area is 148 Å². The largest absolute Gasteiger partial charge is 0.479 e. The van der Waals surface area contributed by atoms with E-state index in [1.54, 1.807) is 11.8 Å². The van der Waals surface area contributed by atoms with Gasteiger partial charge in [0.1, 0.15) is 11.6 Å². The number of nitrogens with two attached hydrogens (primary N) is 1. The number of thioether (sulfide) groups is 1. The number of rotatable bonds is 5. The van der Waals surface area contributed by atoms with Crippen LogP contribution in [0.1, 0.15) is 6.42 Å². The maximum atomic E-state index is 13.2. The highest BCUT2D eigenvalue weighted by Crippen LogP contribution is 2.35. The third-order valence-electron chi connectivity index (χ3n) is 3.77. The van der Waals surface area contributed by atoms with Crippen LogP contribution in [-0.4, -0.2) is 30.2 Å². The molecule has 1 heterocycles. The van der Waals surface area contributed by atoms with Gasteiger partial charge in [-0.15, -0.1) is 11.8 Å². The number of ether oxygens (including phenoxy) is 1. The molecular weight excluding hydrogens is 343 g/mol. The molecule has 130 valence electrons. The van der Waals surface area contributed by atoms with Gasteiger partial charge < -0.3 is 15.4 Å². The van der Waals surface area contributed by atoms with Crippen LogP contribution in [0, 0.1) is 5.82 Å². The summed E-state index contributed by atoms with van der Waals surface area (Å²) < 4.78 is 19.0. The van der Waals surface area contributed by atoms with Crippen molar-refractivity contribution in [1.29, 1.82) is 0 Å². The van der Waals surface area contributed by atoms with E-state index in [0.717, 1.165) is 4.90 Å². The minimum absolute atomic E-state index is 0.0135. The molecule has 0 radical (unpaired) electrons. The first kappa shape index (κ1) is 17.3. The molecule has 2 aromatic carbocycles. The fraction of sp³-hybridized carbons (Fsp3) is 0.222. The van der Waals surface area contributed by atoms with Crippen LogP contribution < -0.4 is 15.4 Å². The van der Waals surface area contributed by atoms with E-state index in [-0.39, 0.29) is 18.9 Å². The first-order chi connectivity index (χ1) is 12.0. The quantitative estimate of drug-likeness (QED) is 0.890. The summed E-state index contributed by atoms with van der Waals surface area (Å²) in [5.41, 5.74) is 5.71. The van der Waals surface area contributed by atoms with Crippen molar-refractivity contribution in [2.24, 2.45) is 5.73 Å². The highest BCUT2D eigenvalue weighted by molar-refractivity contribution is 7.99. The van der Waals surface area contributed by atoms with Crippen LogP contribution in [0.15, 0.2) is 53.4 Å². The van der Waals surface area contributed by atoms with Crippen molar-refractivity contribution in [3.63, 3.8) is 0 Å². The summed E-state index contributed by atoms with van der Waals surface area (Å²) in [6, 6.07) is 13.0. The summed E-state index contributed by atoms with van der Waals surface area (Å²) in [6.07, 6.45) is -0.669. The van der Waals surface area contributed by atoms with E-state index in [2.05, 4.69) is 0 Å². The number of anilines is 1. The second-order valence-corrected chi connectivity index (χ2v) is 6.61. The van der Waals surface area contributed by atoms with Crippen LogP contribution in [0.2, 0.25) is 0 Å². The average molecular weight is 360 g/mol. The van der Waals surface area contributed by atoms with Crippen LogP contribution in [0.4, 0.5) is 10.1 Å². The zero-order valence-corrected chi connectivity index (χ0v) is 14.2. The average Bonchev–Trinajstić information content (AvgIpc) is 2.62. The number of hydrogen-bond acceptors (Lipinski definition) is 4. The number of halogens is 1. The Bertz CT molecular complexity index is 782. The molecule has 1 aliphatic rings. The molecule has 7 heteroatoms. The molecule has 25 heavy (non-hydrogen) atoms. The topological polar surface area (TPSA) is 72.6 Å². The smallest absolute Gasteiger partial charge is 0.268 e. The van der Waals surface area contributed by atoms with Gasteiger partial charge in [-0.1, -0.05) is 12.1 Å². The van der Waals surface area contributed by atoms with E-state index in [1.807, 2.05) is 24.3 Å². The lowest BCUT2D eigenvalue weighted by atomic mass is 10.2. The molecule has 3 rings (SSSR count). The molecule has 0 bridgehead atoms. The van der Waals surface area contributed by atoms with E-state index >= 15 is 0 Å². The summed E-state index contributed by atoms with van der Waals surface area (Å²) in [5.74, 6) is -0.0704. The molecule has 0 aliphatic carbocycles. The molecule has 2 aromatic rings. The highest BCUT2D eigenvalue weighted by Gasteiger charge is 2.31. The van der Waals surface area contributed by atoms with Gasteiger partial charge in [0.15, 0.2) is 6.10 Å². The van der Waals surface area contributed by atoms with Crippen LogP contribution in [0.25, 0.3) is 0 Å². The van der Waals surface area contributed by atoms with Gasteiger partial charge in [-0.3, -0.25) is 9.59 Å². The van der Waals surface area contributed by atoms with Crippen molar-refractivity contribution in [2.75, 3.05) is 17.2 Å². The molecule has 1 aliphatic heterocycles. The summed E-state index contributed by atoms with van der Waals surface area (Å²) in [5, 5.41) is 0. The van der Waals surface area contributed by atoms with Crippen LogP contribution in [0.3, 0.4) is 0 Å². The second-order valence-electron chi connectivity index (χ2n) is 5.55. The number of hydrogen-bond donors (Lipinski definition) is 1. The van der Waals surface area contributed by atoms with E-state index < -0.39 is 17.8 Å². The van der Waals surface area contributed by atoms with Crippen molar-refractivity contribution >= 4 is 29.3 Å². The van der Waals surface area contributed by atoms with Gasteiger partial charge in [-0.25, -0.2) is 4.39 Å². The maximum Gasteiger partial charge on any atom is 0.268 e. The molecule has 5 nitrogen and oxygen atoms in total. The normalized spacial score (nSPS) is 15.8. The van der Waals surface area contributed by atoms with Gasteiger partial charge in [0.2, 0.25) is 5.91 Å². The lowest BCUT2D eigenvalue weighted by Gasteiger charge is -2.30. The van der Waals surface area contributed by atoms with E-state index in [1.165, 1.54) is 29.2 Å². The number of fused-ring (bicyclic) bond motifs is 1. The number of nitrogens with zero attached hydrogens (tertiary/aromatic N) is 1. The lowest BCUT2D eigenvalue weighted by molar-refractivity contribution is -0.124. The Hall–Kier alpha value is -2.54. The van der Waals surface area contributed by atoms with E-state index in [0.29, 0.717) is 17.2 Å². The number of para-hydroxylation sites is 1. The Kier molecular flexibility index (Phi) is 5.23. The third-order valence-corrected chi connectivity index (χ3v) is 4.89. The van der Waals surface area contributed by atoms with Gasteiger partial charge in [0.05, 0.1) is 0 Å². The van der Waals surface area contributed by atoms with Gasteiger partial charge in [-0.2, -0.15) is 0 Å². The predicted octanol–water partition coefficient (Wildman–Crippen LogP) is 2.59. The van der Waals surface area contributed by atoms with Gasteiger partial charge in [0.25, 0.3) is 5.91 Å². The first-order valence-electron chi connectivity index (χ1n) is 7.78. The molecule has 0 aromatic heterocycles. The summed E-state index contributed by atoms with van der Waals surface area (Å²) >= 11 is 1.54. The van der Waals surface area contributed by atoms with Crippen molar-refractivity contribution < 1.29 is 18.7 Å². The lowest BCUT2D eigenvalue weighted by Crippen LogP contribution is -2.45. The molecule has 0 unspecified atom stereocenters. The van der Waals surface area contributed by atoms with Crippen LogP contribution in [-0.2, 0) is 9.59 Å². The fourth-order valence-electron chi connectivity index (χ4n) is 2.52. The number of carbonyl (C=O) groups is 2. The summed E-state index contributed by atoms with van der Waals surface area (Å²) in [7, 11) is 0. The van der Waals surface area contributed by atoms with Crippen LogP contribution >= 0.6 is 11.8 Å². The number of carbonyl (C=O) groups excluding carboxylic acids is 2. The summed E-state index contributed by atoms with van der Waals surface area (Å²) in [4.78, 5) is 26.5. The molecule has 0 saturated heterocycles. The van der Waals surface area contributed by atoms with Crippen molar-refractivity contribution in [1.82, 2.24) is 0 Å². The van der Waals surface area contributed by atoms with E-state index in [4.69, 9.17) is 10.5 Å². The molecular formula is C18H17FN2O3S. The maximum absolute atomic E-state index is 13.2. The zero-order valence-electron chi connectivity index (χ0n) is 13.4. The van der Waals surface area contributed by atoms with Gasteiger partial charge in [0, 0.05) is 29.3 Å². The Balaban J connectivity index is 1.81. The minimum Gasteiger partial charge on any atom is -0.479 e. The van der Waals surface area contributed by atoms with Gasteiger partial charge in [-0.05, 0) is 36.4 Å². The second kappa shape index (κ2) is 7.57. The van der Waals surface area contributed by atoms with Crippen LogP contribution in [0.5, 0.6) is 5.75 Å². The minimum atomic E-state index is -0.683. The molecule has 2 N–H and O–H groups in total. The monoisotopic (exact) mass is 360 g/mol. The van der Waals surface area contributed by atoms with Gasteiger partial charge >= 0.3 is 0 Å². The fourth-order valence-corrected chi connectivity index (χ4v) is 3.50. The molecule has 2 amide bonds. The molecule has 0 fully saturated rings. The Morgan fingerprint density at radius 1 is 1.20 bits per heavy atom. The first-order valence-corrected chi connectivity index (χ1v) is 8.77. The number of amides is 2. The molecule has 0 saturated carbocycles. The number of primary amides is 1. The van der Waals surface area contributed by atoms with Crippen molar-refractivity contribution in [3.05, 3.63) is 54.3 Å². The van der Waals surface area contributed by atoms with Crippen molar-refractivity contribution in [3.8, 4) is 5.75 Å². The van der Waals surface area contributed by atoms with Crippen molar-refractivity contribution in [2.45, 2.75) is 17.4 Å².